The Balaban J connectivity index is 1.81. The van der Waals surface area contributed by atoms with Crippen molar-refractivity contribution in [3.8, 4) is 11.1 Å². The van der Waals surface area contributed by atoms with E-state index >= 15 is 0 Å². The molecule has 1 aliphatic carbocycles. The van der Waals surface area contributed by atoms with Crippen LogP contribution in [0.2, 0.25) is 0 Å². The molecule has 0 aromatic heterocycles. The van der Waals surface area contributed by atoms with Gasteiger partial charge in [0.2, 0.25) is 21.8 Å². The fourth-order valence-electron chi connectivity index (χ4n) is 3.29. The van der Waals surface area contributed by atoms with E-state index in [4.69, 9.17) is 0 Å². The van der Waals surface area contributed by atoms with Crippen LogP contribution >= 0.6 is 0 Å². The third-order valence-corrected chi connectivity index (χ3v) is 6.22. The van der Waals surface area contributed by atoms with Gasteiger partial charge < -0.3 is 0 Å². The Kier molecular flexibility index (Phi) is 3.29. The molecular formula is C17H14N2O4S. The molecule has 4 rings (SSSR count). The first-order valence-corrected chi connectivity index (χ1v) is 8.94. The summed E-state index contributed by atoms with van der Waals surface area (Å²) >= 11 is 0. The molecule has 1 saturated heterocycles. The molecule has 2 aromatic carbocycles. The summed E-state index contributed by atoms with van der Waals surface area (Å²) in [5, 5.41) is 2.12. The molecule has 0 atom stereocenters. The van der Waals surface area contributed by atoms with Crippen LogP contribution in [0, 0.1) is 0 Å². The zero-order valence-electron chi connectivity index (χ0n) is 12.7. The highest BCUT2D eigenvalue weighted by molar-refractivity contribution is 7.89. The minimum Gasteiger partial charge on any atom is -0.294 e. The number of hydrogen-bond donors (Lipinski definition) is 1. The van der Waals surface area contributed by atoms with Crippen LogP contribution in [0.15, 0.2) is 47.4 Å². The van der Waals surface area contributed by atoms with Gasteiger partial charge in [-0.1, -0.05) is 36.4 Å². The average molecular weight is 342 g/mol. The van der Waals surface area contributed by atoms with Crippen LogP contribution in [0.1, 0.15) is 11.1 Å². The van der Waals surface area contributed by atoms with Crippen molar-refractivity contribution in [2.24, 2.45) is 0 Å². The van der Waals surface area contributed by atoms with Crippen LogP contribution < -0.4 is 5.32 Å². The van der Waals surface area contributed by atoms with Crippen molar-refractivity contribution in [1.29, 1.82) is 0 Å². The number of carbonyl (C=O) groups excluding carboxylic acids is 2. The third kappa shape index (κ3) is 2.24. The third-order valence-electron chi connectivity index (χ3n) is 4.34. The molecule has 6 nitrogen and oxygen atoms in total. The molecule has 1 fully saturated rings. The van der Waals surface area contributed by atoms with Crippen molar-refractivity contribution in [2.45, 2.75) is 11.3 Å². The monoisotopic (exact) mass is 342 g/mol. The van der Waals surface area contributed by atoms with Gasteiger partial charge in [0.25, 0.3) is 0 Å². The van der Waals surface area contributed by atoms with Gasteiger partial charge in [0, 0.05) is 6.42 Å². The molecule has 1 aliphatic heterocycles. The lowest BCUT2D eigenvalue weighted by molar-refractivity contribution is -0.134. The fourth-order valence-corrected chi connectivity index (χ4v) is 4.89. The molecule has 122 valence electrons. The molecule has 2 aromatic rings. The number of imide groups is 1. The van der Waals surface area contributed by atoms with E-state index in [0.29, 0.717) is 6.42 Å². The highest BCUT2D eigenvalue weighted by Gasteiger charge is 2.35. The van der Waals surface area contributed by atoms with Crippen LogP contribution in [0.25, 0.3) is 11.1 Å². The number of benzene rings is 2. The summed E-state index contributed by atoms with van der Waals surface area (Å²) in [4.78, 5) is 23.2. The highest BCUT2D eigenvalue weighted by atomic mass is 32.2. The first kappa shape index (κ1) is 15.0. The average Bonchev–Trinajstić information content (AvgIpc) is 2.92. The van der Waals surface area contributed by atoms with Crippen LogP contribution in [0.3, 0.4) is 0 Å². The van der Waals surface area contributed by atoms with Gasteiger partial charge in [0.15, 0.2) is 0 Å². The zero-order valence-corrected chi connectivity index (χ0v) is 13.5. The molecule has 2 amide bonds. The van der Waals surface area contributed by atoms with Crippen LogP contribution in [-0.4, -0.2) is 37.6 Å². The lowest BCUT2D eigenvalue weighted by atomic mass is 10.1. The number of carbonyl (C=O) groups is 2. The number of nitrogens with zero attached hydrogens (tertiary/aromatic N) is 1. The van der Waals surface area contributed by atoms with Crippen molar-refractivity contribution in [3.05, 3.63) is 53.6 Å². The molecule has 0 bridgehead atoms. The van der Waals surface area contributed by atoms with Crippen molar-refractivity contribution in [3.63, 3.8) is 0 Å². The largest absolute Gasteiger partial charge is 0.294 e. The predicted molar refractivity (Wildman–Crippen MR) is 86.6 cm³/mol. The SMILES string of the molecule is O=C1CN(S(=O)(=O)c2cccc3c2Cc2ccccc2-3)CC(=O)N1. The van der Waals surface area contributed by atoms with Crippen molar-refractivity contribution in [2.75, 3.05) is 13.1 Å². The summed E-state index contributed by atoms with van der Waals surface area (Å²) in [6.07, 6.45) is 0.523. The van der Waals surface area contributed by atoms with Gasteiger partial charge in [-0.15, -0.1) is 0 Å². The Morgan fingerprint density at radius 1 is 0.875 bits per heavy atom. The summed E-state index contributed by atoms with van der Waals surface area (Å²) in [7, 11) is -3.92. The number of piperazine rings is 1. The zero-order chi connectivity index (χ0) is 16.9. The molecule has 0 radical (unpaired) electrons. The van der Waals surface area contributed by atoms with Crippen LogP contribution in [-0.2, 0) is 26.0 Å². The van der Waals surface area contributed by atoms with E-state index < -0.39 is 21.8 Å². The van der Waals surface area contributed by atoms with Crippen molar-refractivity contribution < 1.29 is 18.0 Å². The van der Waals surface area contributed by atoms with Gasteiger partial charge in [-0.2, -0.15) is 4.31 Å². The normalized spacial score (nSPS) is 17.3. The minimum absolute atomic E-state index is 0.165. The van der Waals surface area contributed by atoms with Gasteiger partial charge in [-0.3, -0.25) is 14.9 Å². The molecule has 0 unspecified atom stereocenters. The minimum atomic E-state index is -3.92. The van der Waals surface area contributed by atoms with E-state index in [1.807, 2.05) is 30.3 Å². The first-order valence-electron chi connectivity index (χ1n) is 7.50. The summed E-state index contributed by atoms with van der Waals surface area (Å²) in [5.74, 6) is -1.21. The summed E-state index contributed by atoms with van der Waals surface area (Å²) < 4.78 is 26.9. The Bertz CT molecular complexity index is 966. The van der Waals surface area contributed by atoms with E-state index in [0.717, 1.165) is 26.6 Å². The fraction of sp³-hybridized carbons (Fsp3) is 0.176. The molecule has 7 heteroatoms. The summed E-state index contributed by atoms with van der Waals surface area (Å²) in [5.41, 5.74) is 3.70. The van der Waals surface area contributed by atoms with Gasteiger partial charge in [0.05, 0.1) is 18.0 Å². The number of amides is 2. The van der Waals surface area contributed by atoms with E-state index in [-0.39, 0.29) is 18.0 Å². The molecule has 0 spiro atoms. The van der Waals surface area contributed by atoms with Gasteiger partial charge in [-0.25, -0.2) is 8.42 Å². The number of hydrogen-bond acceptors (Lipinski definition) is 4. The topological polar surface area (TPSA) is 83.6 Å². The predicted octanol–water partition coefficient (Wildman–Crippen LogP) is 0.905. The lowest BCUT2D eigenvalue weighted by Crippen LogP contribution is -2.53. The second kappa shape index (κ2) is 5.25. The standard InChI is InChI=1S/C17H14N2O4S/c20-16-9-19(10-17(21)18-16)24(22,23)15-7-3-6-13-12-5-2-1-4-11(12)8-14(13)15/h1-7H,8-10H2,(H,18,20,21). The number of nitrogens with one attached hydrogen (secondary N) is 1. The molecule has 1 heterocycles. The Hall–Kier alpha value is -2.51. The quantitative estimate of drug-likeness (QED) is 0.702. The number of fused-ring (bicyclic) bond motifs is 3. The Morgan fingerprint density at radius 3 is 2.29 bits per heavy atom. The van der Waals surface area contributed by atoms with Gasteiger partial charge >= 0.3 is 0 Å². The molecule has 2 aliphatic rings. The summed E-state index contributed by atoms with van der Waals surface area (Å²) in [6, 6.07) is 12.9. The summed E-state index contributed by atoms with van der Waals surface area (Å²) in [6.45, 7) is -0.685. The second-order valence-corrected chi connectivity index (χ2v) is 7.77. The van der Waals surface area contributed by atoms with Crippen molar-refractivity contribution in [1.82, 2.24) is 9.62 Å². The first-order chi connectivity index (χ1) is 11.5. The highest BCUT2D eigenvalue weighted by Crippen LogP contribution is 2.40. The van der Waals surface area contributed by atoms with E-state index in [1.54, 1.807) is 6.07 Å². The second-order valence-electron chi connectivity index (χ2n) is 5.86. The Labute approximate surface area is 139 Å². The maximum absolute atomic E-state index is 13.0. The number of rotatable bonds is 2. The van der Waals surface area contributed by atoms with E-state index in [2.05, 4.69) is 5.32 Å². The molecule has 24 heavy (non-hydrogen) atoms. The van der Waals surface area contributed by atoms with Crippen molar-refractivity contribution >= 4 is 21.8 Å². The van der Waals surface area contributed by atoms with E-state index in [9.17, 15) is 18.0 Å². The van der Waals surface area contributed by atoms with Gasteiger partial charge in [0.1, 0.15) is 0 Å². The Morgan fingerprint density at radius 2 is 1.54 bits per heavy atom. The number of sulfonamides is 1. The maximum atomic E-state index is 13.0. The van der Waals surface area contributed by atoms with Crippen LogP contribution in [0.5, 0.6) is 0 Å². The molecular weight excluding hydrogens is 328 g/mol. The maximum Gasteiger partial charge on any atom is 0.244 e. The molecule has 1 N–H and O–H groups in total. The van der Waals surface area contributed by atoms with Gasteiger partial charge in [-0.05, 0) is 28.3 Å². The molecule has 0 saturated carbocycles. The van der Waals surface area contributed by atoms with E-state index in [1.165, 1.54) is 6.07 Å². The van der Waals surface area contributed by atoms with Crippen LogP contribution in [0.4, 0.5) is 0 Å². The smallest absolute Gasteiger partial charge is 0.244 e. The lowest BCUT2D eigenvalue weighted by Gasteiger charge is -2.25.